The third kappa shape index (κ3) is 1.93. The minimum atomic E-state index is -1.93. The van der Waals surface area contributed by atoms with Crippen molar-refractivity contribution in [2.75, 3.05) is 7.11 Å². The Morgan fingerprint density at radius 3 is 2.40 bits per heavy atom. The molecule has 1 N–H and O–H groups in total. The number of ether oxygens (including phenoxy) is 1. The van der Waals surface area contributed by atoms with Crippen LogP contribution in [0.15, 0.2) is 12.1 Å². The van der Waals surface area contributed by atoms with E-state index in [-0.39, 0.29) is 5.75 Å². The van der Waals surface area contributed by atoms with E-state index in [1.807, 2.05) is 0 Å². The van der Waals surface area contributed by atoms with Gasteiger partial charge in [0.1, 0.15) is 11.4 Å². The Hall–Kier alpha value is -1.98. The third-order valence-corrected chi connectivity index (χ3v) is 1.70. The lowest BCUT2D eigenvalue weighted by atomic mass is 10.1. The fourth-order valence-corrected chi connectivity index (χ4v) is 1.01. The molecule has 0 amide bonds. The van der Waals surface area contributed by atoms with Crippen LogP contribution in [0.3, 0.4) is 0 Å². The van der Waals surface area contributed by atoms with Crippen LogP contribution in [0.4, 0.5) is 8.78 Å². The van der Waals surface area contributed by atoms with Gasteiger partial charge in [-0.1, -0.05) is 0 Å². The minimum Gasteiger partial charge on any atom is -0.494 e. The summed E-state index contributed by atoms with van der Waals surface area (Å²) >= 11 is 0. The van der Waals surface area contributed by atoms with E-state index in [2.05, 4.69) is 4.74 Å². The summed E-state index contributed by atoms with van der Waals surface area (Å²) in [6, 6.07) is 1.72. The van der Waals surface area contributed by atoms with Gasteiger partial charge in [0.25, 0.3) is 5.78 Å². The quantitative estimate of drug-likeness (QED) is 0.609. The largest absolute Gasteiger partial charge is 0.494 e. The summed E-state index contributed by atoms with van der Waals surface area (Å²) in [5.74, 6) is -6.52. The third-order valence-electron chi connectivity index (χ3n) is 1.70. The predicted molar refractivity (Wildman–Crippen MR) is 44.9 cm³/mol. The number of hydrogen-bond donors (Lipinski definition) is 1. The summed E-state index contributed by atoms with van der Waals surface area (Å²) < 4.78 is 30.8. The van der Waals surface area contributed by atoms with Gasteiger partial charge in [-0.2, -0.15) is 0 Å². The number of benzene rings is 1. The molecular formula is C9H6F2O4. The smallest absolute Gasteiger partial charge is 0.377 e. The molecule has 0 aliphatic rings. The topological polar surface area (TPSA) is 63.6 Å². The van der Waals surface area contributed by atoms with Crippen LogP contribution >= 0.6 is 0 Å². The van der Waals surface area contributed by atoms with Gasteiger partial charge in [0, 0.05) is 0 Å². The van der Waals surface area contributed by atoms with Crippen molar-refractivity contribution in [1.29, 1.82) is 0 Å². The highest BCUT2D eigenvalue weighted by Crippen LogP contribution is 2.23. The fraction of sp³-hybridized carbons (Fsp3) is 0.111. The molecule has 0 heterocycles. The van der Waals surface area contributed by atoms with Crippen LogP contribution in [0, 0.1) is 11.6 Å². The fourth-order valence-electron chi connectivity index (χ4n) is 1.01. The first-order valence-corrected chi connectivity index (χ1v) is 3.78. The summed E-state index contributed by atoms with van der Waals surface area (Å²) in [7, 11) is 1.12. The SMILES string of the molecule is COc1ccc(F)c(C(=O)C(=O)O)c1F. The molecule has 1 aromatic carbocycles. The van der Waals surface area contributed by atoms with Gasteiger partial charge in [0.2, 0.25) is 0 Å². The minimum absolute atomic E-state index is 0.388. The Labute approximate surface area is 83.1 Å². The molecule has 0 aliphatic heterocycles. The zero-order valence-corrected chi connectivity index (χ0v) is 7.58. The predicted octanol–water partition coefficient (Wildman–Crippen LogP) is 1.24. The van der Waals surface area contributed by atoms with Gasteiger partial charge in [-0.05, 0) is 12.1 Å². The maximum atomic E-state index is 13.3. The molecule has 0 fully saturated rings. The van der Waals surface area contributed by atoms with Crippen LogP contribution in [0.5, 0.6) is 5.75 Å². The monoisotopic (exact) mass is 216 g/mol. The van der Waals surface area contributed by atoms with E-state index in [1.54, 1.807) is 0 Å². The van der Waals surface area contributed by atoms with Gasteiger partial charge in [-0.25, -0.2) is 13.6 Å². The van der Waals surface area contributed by atoms with E-state index in [9.17, 15) is 18.4 Å². The van der Waals surface area contributed by atoms with Crippen molar-refractivity contribution >= 4 is 11.8 Å². The summed E-state index contributed by atoms with van der Waals surface area (Å²) in [5.41, 5.74) is -1.12. The number of hydrogen-bond acceptors (Lipinski definition) is 3. The molecule has 1 aromatic rings. The van der Waals surface area contributed by atoms with Crippen molar-refractivity contribution in [2.24, 2.45) is 0 Å². The number of carboxylic acids is 1. The molecule has 4 nitrogen and oxygen atoms in total. The maximum Gasteiger partial charge on any atom is 0.377 e. The van der Waals surface area contributed by atoms with Crippen LogP contribution < -0.4 is 4.74 Å². The Morgan fingerprint density at radius 1 is 1.33 bits per heavy atom. The normalized spacial score (nSPS) is 9.80. The van der Waals surface area contributed by atoms with Crippen LogP contribution in [0.1, 0.15) is 10.4 Å². The number of rotatable bonds is 3. The van der Waals surface area contributed by atoms with E-state index in [1.165, 1.54) is 0 Å². The number of halogens is 2. The second-order valence-corrected chi connectivity index (χ2v) is 2.57. The zero-order chi connectivity index (χ0) is 11.6. The van der Waals surface area contributed by atoms with Crippen LogP contribution in [-0.2, 0) is 4.79 Å². The lowest BCUT2D eigenvalue weighted by Gasteiger charge is -2.05. The molecule has 15 heavy (non-hydrogen) atoms. The van der Waals surface area contributed by atoms with Gasteiger partial charge in [0.05, 0.1) is 7.11 Å². The summed E-state index contributed by atoms with van der Waals surface area (Å²) in [5, 5.41) is 8.32. The van der Waals surface area contributed by atoms with Crippen LogP contribution in [0.25, 0.3) is 0 Å². The highest BCUT2D eigenvalue weighted by Gasteiger charge is 2.25. The van der Waals surface area contributed by atoms with Gasteiger partial charge < -0.3 is 9.84 Å². The summed E-state index contributed by atoms with van der Waals surface area (Å²) in [6.07, 6.45) is 0. The molecule has 0 aromatic heterocycles. The van der Waals surface area contributed by atoms with E-state index < -0.39 is 29.0 Å². The van der Waals surface area contributed by atoms with E-state index in [0.717, 1.165) is 19.2 Å². The van der Waals surface area contributed by atoms with E-state index >= 15 is 0 Å². The first kappa shape index (κ1) is 11.1. The van der Waals surface area contributed by atoms with E-state index in [0.29, 0.717) is 0 Å². The Bertz CT molecular complexity index is 428. The average molecular weight is 216 g/mol. The summed E-state index contributed by atoms with van der Waals surface area (Å²) in [6.45, 7) is 0. The number of methoxy groups -OCH3 is 1. The lowest BCUT2D eigenvalue weighted by molar-refractivity contribution is -0.131. The molecule has 1 rings (SSSR count). The standard InChI is InChI=1S/C9H6F2O4/c1-15-5-3-2-4(10)6(7(5)11)8(12)9(13)14/h2-3H,1H3,(H,13,14). The number of carboxylic acid groups (broad SMARTS) is 1. The molecular weight excluding hydrogens is 210 g/mol. The lowest BCUT2D eigenvalue weighted by Crippen LogP contribution is -2.17. The molecule has 0 saturated heterocycles. The van der Waals surface area contributed by atoms with Crippen molar-refractivity contribution in [1.82, 2.24) is 0 Å². The highest BCUT2D eigenvalue weighted by atomic mass is 19.1. The van der Waals surface area contributed by atoms with Crippen molar-refractivity contribution in [3.63, 3.8) is 0 Å². The molecule has 0 atom stereocenters. The number of carbonyl (C=O) groups excluding carboxylic acids is 1. The van der Waals surface area contributed by atoms with Crippen molar-refractivity contribution in [3.8, 4) is 5.75 Å². The highest BCUT2D eigenvalue weighted by molar-refractivity contribution is 6.40. The number of aliphatic carboxylic acids is 1. The van der Waals surface area contributed by atoms with E-state index in [4.69, 9.17) is 5.11 Å². The van der Waals surface area contributed by atoms with Crippen LogP contribution in [0.2, 0.25) is 0 Å². The first-order valence-electron chi connectivity index (χ1n) is 3.78. The Balaban J connectivity index is 3.39. The molecule has 0 radical (unpaired) electrons. The number of Topliss-reactive ketones (excluding diaryl/α,β-unsaturated/α-hetero) is 1. The molecule has 80 valence electrons. The molecule has 6 heteroatoms. The Kier molecular flexibility index (Phi) is 2.99. The summed E-state index contributed by atoms with van der Waals surface area (Å²) in [4.78, 5) is 21.2. The molecule has 0 bridgehead atoms. The van der Waals surface area contributed by atoms with Gasteiger partial charge >= 0.3 is 5.97 Å². The van der Waals surface area contributed by atoms with Crippen molar-refractivity contribution in [2.45, 2.75) is 0 Å². The second-order valence-electron chi connectivity index (χ2n) is 2.57. The maximum absolute atomic E-state index is 13.3. The number of ketones is 1. The molecule has 0 saturated carbocycles. The first-order chi connectivity index (χ1) is 6.99. The second kappa shape index (κ2) is 4.04. The van der Waals surface area contributed by atoms with Gasteiger partial charge in [-0.15, -0.1) is 0 Å². The van der Waals surface area contributed by atoms with Gasteiger partial charge in [0.15, 0.2) is 11.6 Å². The zero-order valence-electron chi connectivity index (χ0n) is 7.58. The van der Waals surface area contributed by atoms with Gasteiger partial charge in [-0.3, -0.25) is 4.79 Å². The Morgan fingerprint density at radius 2 is 1.93 bits per heavy atom. The molecule has 0 aliphatic carbocycles. The van der Waals surface area contributed by atoms with Crippen LogP contribution in [-0.4, -0.2) is 24.0 Å². The molecule has 0 spiro atoms. The van der Waals surface area contributed by atoms with Crippen molar-refractivity contribution < 1.29 is 28.2 Å². The average Bonchev–Trinajstić information content (AvgIpc) is 2.17. The van der Waals surface area contributed by atoms with Crippen molar-refractivity contribution in [3.05, 3.63) is 29.3 Å². The molecule has 0 unspecified atom stereocenters. The number of carbonyl (C=O) groups is 2.